The number of anilines is 2. The summed E-state index contributed by atoms with van der Waals surface area (Å²) in [4.78, 5) is 27.7. The Labute approximate surface area is 191 Å². The minimum atomic E-state index is -0.848. The van der Waals surface area contributed by atoms with Gasteiger partial charge in [-0.25, -0.2) is 4.99 Å². The standard InChI is InChI=1S/C25H23N5O3/c26-17-28-25(27-16-19-5-2-1-3-6-19)30-22-8-4-7-20(15-22)24(33)29-21-12-9-18(10-13-21)11-14-23(31)32/h1-10,12-13,15H,11,14,16H2,(H,29,33)(H,31,32)(H2,27,28,30). The third-order valence-corrected chi connectivity index (χ3v) is 4.66. The molecule has 33 heavy (non-hydrogen) atoms. The number of guanidine groups is 1. The lowest BCUT2D eigenvalue weighted by molar-refractivity contribution is -0.136. The summed E-state index contributed by atoms with van der Waals surface area (Å²) in [7, 11) is 0. The molecule has 3 aromatic carbocycles. The number of carbonyl (C=O) groups is 2. The molecule has 0 aliphatic heterocycles. The number of carboxylic acids is 1. The highest BCUT2D eigenvalue weighted by Gasteiger charge is 2.09. The Morgan fingerprint density at radius 1 is 0.879 bits per heavy atom. The molecule has 3 rings (SSSR count). The maximum atomic E-state index is 12.7. The van der Waals surface area contributed by atoms with Crippen molar-refractivity contribution in [2.24, 2.45) is 4.99 Å². The topological polar surface area (TPSA) is 127 Å². The number of hydrogen-bond donors (Lipinski definition) is 4. The van der Waals surface area contributed by atoms with Gasteiger partial charge in [0.2, 0.25) is 5.96 Å². The number of rotatable bonds is 8. The second-order valence-electron chi connectivity index (χ2n) is 7.14. The number of nitrogens with one attached hydrogen (secondary N) is 3. The van der Waals surface area contributed by atoms with E-state index in [0.717, 1.165) is 11.1 Å². The van der Waals surface area contributed by atoms with Crippen LogP contribution in [0.15, 0.2) is 83.9 Å². The van der Waals surface area contributed by atoms with E-state index < -0.39 is 5.97 Å². The van der Waals surface area contributed by atoms with Crippen molar-refractivity contribution in [3.63, 3.8) is 0 Å². The summed E-state index contributed by atoms with van der Waals surface area (Å²) in [5.41, 5.74) is 3.51. The Bertz CT molecular complexity index is 1170. The summed E-state index contributed by atoms with van der Waals surface area (Å²) in [5.74, 6) is -0.872. The molecule has 3 aromatic rings. The molecule has 0 aromatic heterocycles. The number of amides is 1. The average molecular weight is 441 g/mol. The van der Waals surface area contributed by atoms with E-state index in [0.29, 0.717) is 29.9 Å². The van der Waals surface area contributed by atoms with E-state index in [4.69, 9.17) is 10.4 Å². The van der Waals surface area contributed by atoms with Crippen molar-refractivity contribution in [1.82, 2.24) is 5.32 Å². The molecule has 0 unspecified atom stereocenters. The zero-order valence-corrected chi connectivity index (χ0v) is 17.8. The quantitative estimate of drug-likeness (QED) is 0.181. The maximum Gasteiger partial charge on any atom is 0.303 e. The van der Waals surface area contributed by atoms with Crippen molar-refractivity contribution in [3.8, 4) is 6.19 Å². The second-order valence-corrected chi connectivity index (χ2v) is 7.14. The summed E-state index contributed by atoms with van der Waals surface area (Å²) in [6, 6.07) is 23.5. The number of aliphatic imine (C=N–C) groups is 1. The van der Waals surface area contributed by atoms with Gasteiger partial charge in [-0.2, -0.15) is 5.26 Å². The van der Waals surface area contributed by atoms with Crippen LogP contribution in [0.2, 0.25) is 0 Å². The normalized spacial score (nSPS) is 10.7. The molecule has 0 bridgehead atoms. The molecule has 0 aliphatic rings. The molecule has 8 nitrogen and oxygen atoms in total. The number of carbonyl (C=O) groups excluding carboxylic acids is 1. The van der Waals surface area contributed by atoms with Gasteiger partial charge in [-0.1, -0.05) is 48.5 Å². The van der Waals surface area contributed by atoms with Crippen LogP contribution < -0.4 is 16.0 Å². The van der Waals surface area contributed by atoms with Gasteiger partial charge in [0.15, 0.2) is 6.19 Å². The van der Waals surface area contributed by atoms with E-state index in [2.05, 4.69) is 20.9 Å². The minimum Gasteiger partial charge on any atom is -0.481 e. The fraction of sp³-hybridized carbons (Fsp3) is 0.120. The molecule has 0 aliphatic carbocycles. The Balaban J connectivity index is 1.64. The molecule has 166 valence electrons. The number of nitriles is 1. The van der Waals surface area contributed by atoms with Gasteiger partial charge < -0.3 is 15.7 Å². The van der Waals surface area contributed by atoms with Crippen LogP contribution in [0.25, 0.3) is 0 Å². The Kier molecular flexibility index (Phi) is 8.15. The Morgan fingerprint density at radius 3 is 2.33 bits per heavy atom. The number of nitrogens with zero attached hydrogens (tertiary/aromatic N) is 2. The van der Waals surface area contributed by atoms with E-state index >= 15 is 0 Å². The van der Waals surface area contributed by atoms with Crippen molar-refractivity contribution in [2.45, 2.75) is 19.4 Å². The van der Waals surface area contributed by atoms with Gasteiger partial charge in [-0.15, -0.1) is 0 Å². The van der Waals surface area contributed by atoms with Crippen LogP contribution in [-0.4, -0.2) is 22.9 Å². The molecule has 0 saturated carbocycles. The number of aliphatic carboxylic acids is 1. The first-order valence-electron chi connectivity index (χ1n) is 10.3. The van der Waals surface area contributed by atoms with Crippen LogP contribution >= 0.6 is 0 Å². The van der Waals surface area contributed by atoms with Crippen LogP contribution in [0.5, 0.6) is 0 Å². The van der Waals surface area contributed by atoms with E-state index in [-0.39, 0.29) is 18.3 Å². The van der Waals surface area contributed by atoms with Crippen molar-refractivity contribution in [3.05, 3.63) is 95.6 Å². The van der Waals surface area contributed by atoms with Crippen LogP contribution in [0.4, 0.5) is 11.4 Å². The third kappa shape index (κ3) is 7.52. The number of aryl methyl sites for hydroxylation is 1. The monoisotopic (exact) mass is 441 g/mol. The highest BCUT2D eigenvalue weighted by atomic mass is 16.4. The predicted octanol–water partition coefficient (Wildman–Crippen LogP) is 3.99. The summed E-state index contributed by atoms with van der Waals surface area (Å²) >= 11 is 0. The van der Waals surface area contributed by atoms with Crippen LogP contribution in [-0.2, 0) is 17.8 Å². The largest absolute Gasteiger partial charge is 0.481 e. The van der Waals surface area contributed by atoms with Gasteiger partial charge in [-0.05, 0) is 47.9 Å². The zero-order chi connectivity index (χ0) is 23.5. The smallest absolute Gasteiger partial charge is 0.303 e. The Morgan fingerprint density at radius 2 is 1.64 bits per heavy atom. The molecule has 8 heteroatoms. The first-order valence-corrected chi connectivity index (χ1v) is 10.3. The first-order chi connectivity index (χ1) is 16.0. The van der Waals surface area contributed by atoms with Gasteiger partial charge in [-0.3, -0.25) is 14.9 Å². The molecule has 0 spiro atoms. The first kappa shape index (κ1) is 23.0. The van der Waals surface area contributed by atoms with Crippen molar-refractivity contribution < 1.29 is 14.7 Å². The summed E-state index contributed by atoms with van der Waals surface area (Å²) in [6.45, 7) is 0.389. The SMILES string of the molecule is N#CNC(=NCc1ccccc1)Nc1cccc(C(=O)Nc2ccc(CCC(=O)O)cc2)c1. The number of carboxylic acid groups (broad SMARTS) is 1. The van der Waals surface area contributed by atoms with Gasteiger partial charge in [0, 0.05) is 23.4 Å². The molecule has 0 saturated heterocycles. The minimum absolute atomic E-state index is 0.0583. The molecule has 4 N–H and O–H groups in total. The molecular formula is C25H23N5O3. The van der Waals surface area contributed by atoms with Gasteiger partial charge in [0.1, 0.15) is 0 Å². The number of benzene rings is 3. The molecule has 0 heterocycles. The van der Waals surface area contributed by atoms with E-state index in [1.807, 2.05) is 36.5 Å². The molecule has 1 amide bonds. The molecule has 0 radical (unpaired) electrons. The number of hydrogen-bond acceptors (Lipinski definition) is 4. The fourth-order valence-corrected chi connectivity index (χ4v) is 3.00. The highest BCUT2D eigenvalue weighted by molar-refractivity contribution is 6.05. The average Bonchev–Trinajstić information content (AvgIpc) is 2.83. The summed E-state index contributed by atoms with van der Waals surface area (Å²) in [5, 5.41) is 26.2. The van der Waals surface area contributed by atoms with Gasteiger partial charge >= 0.3 is 5.97 Å². The second kappa shape index (κ2) is 11.7. The van der Waals surface area contributed by atoms with Crippen LogP contribution in [0, 0.1) is 11.5 Å². The van der Waals surface area contributed by atoms with Crippen LogP contribution in [0.3, 0.4) is 0 Å². The lowest BCUT2D eigenvalue weighted by atomic mass is 10.1. The van der Waals surface area contributed by atoms with Gasteiger partial charge in [0.25, 0.3) is 5.91 Å². The van der Waals surface area contributed by atoms with Crippen molar-refractivity contribution in [2.75, 3.05) is 10.6 Å². The van der Waals surface area contributed by atoms with Crippen molar-refractivity contribution in [1.29, 1.82) is 5.26 Å². The van der Waals surface area contributed by atoms with E-state index in [9.17, 15) is 9.59 Å². The van der Waals surface area contributed by atoms with Crippen LogP contribution in [0.1, 0.15) is 27.9 Å². The third-order valence-electron chi connectivity index (χ3n) is 4.66. The zero-order valence-electron chi connectivity index (χ0n) is 17.8. The van der Waals surface area contributed by atoms with Crippen molar-refractivity contribution >= 4 is 29.2 Å². The Hall–Kier alpha value is -4.64. The van der Waals surface area contributed by atoms with E-state index in [1.54, 1.807) is 48.5 Å². The van der Waals surface area contributed by atoms with Gasteiger partial charge in [0.05, 0.1) is 6.54 Å². The molecular weight excluding hydrogens is 418 g/mol. The fourth-order valence-electron chi connectivity index (χ4n) is 3.00. The maximum absolute atomic E-state index is 12.7. The summed E-state index contributed by atoms with van der Waals surface area (Å²) < 4.78 is 0. The summed E-state index contributed by atoms with van der Waals surface area (Å²) in [6.07, 6.45) is 2.35. The van der Waals surface area contributed by atoms with E-state index in [1.165, 1.54) is 0 Å². The predicted molar refractivity (Wildman–Crippen MR) is 127 cm³/mol. The lowest BCUT2D eigenvalue weighted by Crippen LogP contribution is -2.27. The molecule has 0 atom stereocenters. The highest BCUT2D eigenvalue weighted by Crippen LogP contribution is 2.15. The lowest BCUT2D eigenvalue weighted by Gasteiger charge is -2.10. The molecule has 0 fully saturated rings.